The fourth-order valence-corrected chi connectivity index (χ4v) is 4.04. The molecule has 0 bridgehead atoms. The minimum atomic E-state index is -4.05. The van der Waals surface area contributed by atoms with Crippen LogP contribution in [0.3, 0.4) is 0 Å². The second kappa shape index (κ2) is 8.99. The van der Waals surface area contributed by atoms with Crippen molar-refractivity contribution in [3.8, 4) is 0 Å². The van der Waals surface area contributed by atoms with Crippen molar-refractivity contribution in [2.24, 2.45) is 5.10 Å². The Bertz CT molecular complexity index is 979. The third-order valence-electron chi connectivity index (χ3n) is 3.33. The van der Waals surface area contributed by atoms with Gasteiger partial charge in [0.15, 0.2) is 0 Å². The van der Waals surface area contributed by atoms with Gasteiger partial charge in [-0.1, -0.05) is 40.9 Å². The molecule has 0 atom stereocenters. The highest BCUT2D eigenvalue weighted by atomic mass is 35.5. The number of hydrogen-bond donors (Lipinski definition) is 1. The zero-order valence-corrected chi connectivity index (χ0v) is 16.9. The van der Waals surface area contributed by atoms with Gasteiger partial charge in [-0.15, -0.1) is 0 Å². The van der Waals surface area contributed by atoms with Crippen LogP contribution in [-0.2, 0) is 14.8 Å². The molecule has 0 aliphatic heterocycles. The minimum absolute atomic E-state index is 0.00819. The van der Waals surface area contributed by atoms with Crippen LogP contribution in [0.15, 0.2) is 46.4 Å². The van der Waals surface area contributed by atoms with E-state index in [2.05, 4.69) is 10.5 Å². The summed E-state index contributed by atoms with van der Waals surface area (Å²) in [6.07, 6.45) is 1.03. The molecule has 0 heterocycles. The van der Waals surface area contributed by atoms with Gasteiger partial charge in [-0.3, -0.25) is 4.79 Å². The standard InChI is InChI=1S/C16H13Cl3FN3O3S/c1-23(27(25,26)15-7-10(17)5-6-13(15)19)9-16(24)22-21-8-11-12(18)3-2-4-14(11)20/h2-8H,9H2,1H3,(H,22,24)/b21-8-. The van der Waals surface area contributed by atoms with E-state index in [0.717, 1.165) is 10.5 Å². The summed E-state index contributed by atoms with van der Waals surface area (Å²) in [5.74, 6) is -1.36. The van der Waals surface area contributed by atoms with E-state index >= 15 is 0 Å². The Labute approximate surface area is 170 Å². The van der Waals surface area contributed by atoms with Crippen LogP contribution in [0.25, 0.3) is 0 Å². The number of halogens is 4. The van der Waals surface area contributed by atoms with Crippen molar-refractivity contribution < 1.29 is 17.6 Å². The zero-order valence-electron chi connectivity index (χ0n) is 13.8. The van der Waals surface area contributed by atoms with Gasteiger partial charge in [0.05, 0.1) is 22.8 Å². The van der Waals surface area contributed by atoms with Crippen molar-refractivity contribution in [1.29, 1.82) is 0 Å². The molecule has 2 aromatic carbocycles. The number of carbonyl (C=O) groups is 1. The number of likely N-dealkylation sites (N-methyl/N-ethyl adjacent to an activating group) is 1. The second-order valence-corrected chi connectivity index (χ2v) is 8.53. The van der Waals surface area contributed by atoms with E-state index in [0.29, 0.717) is 0 Å². The lowest BCUT2D eigenvalue weighted by atomic mass is 10.2. The first-order valence-corrected chi connectivity index (χ1v) is 9.87. The molecule has 0 aliphatic carbocycles. The predicted octanol–water partition coefficient (Wildman–Crippen LogP) is 3.56. The summed E-state index contributed by atoms with van der Waals surface area (Å²) in [6, 6.07) is 8.04. The first-order chi connectivity index (χ1) is 12.6. The first-order valence-electron chi connectivity index (χ1n) is 7.30. The molecular formula is C16H13Cl3FN3O3S. The largest absolute Gasteiger partial charge is 0.272 e. The number of benzene rings is 2. The smallest absolute Gasteiger partial charge is 0.255 e. The highest BCUT2D eigenvalue weighted by molar-refractivity contribution is 7.89. The van der Waals surface area contributed by atoms with E-state index < -0.39 is 28.3 Å². The average Bonchev–Trinajstić information content (AvgIpc) is 2.59. The Morgan fingerprint density at radius 2 is 1.93 bits per heavy atom. The van der Waals surface area contributed by atoms with Gasteiger partial charge < -0.3 is 0 Å². The van der Waals surface area contributed by atoms with Crippen molar-refractivity contribution in [2.45, 2.75) is 4.90 Å². The Morgan fingerprint density at radius 3 is 2.59 bits per heavy atom. The first kappa shape index (κ1) is 21.6. The molecule has 27 heavy (non-hydrogen) atoms. The average molecular weight is 453 g/mol. The molecule has 0 aliphatic rings. The molecule has 11 heteroatoms. The van der Waals surface area contributed by atoms with E-state index in [-0.39, 0.29) is 25.5 Å². The molecule has 0 fully saturated rings. The Morgan fingerprint density at radius 1 is 1.22 bits per heavy atom. The Kier molecular flexibility index (Phi) is 7.19. The van der Waals surface area contributed by atoms with Gasteiger partial charge in [-0.25, -0.2) is 18.2 Å². The van der Waals surface area contributed by atoms with Crippen LogP contribution in [0.4, 0.5) is 4.39 Å². The maximum Gasteiger partial charge on any atom is 0.255 e. The molecule has 144 valence electrons. The van der Waals surface area contributed by atoms with E-state index in [9.17, 15) is 17.6 Å². The van der Waals surface area contributed by atoms with Gasteiger partial charge >= 0.3 is 0 Å². The quantitative estimate of drug-likeness (QED) is 0.538. The van der Waals surface area contributed by atoms with Crippen LogP contribution in [0.1, 0.15) is 5.56 Å². The summed E-state index contributed by atoms with van der Waals surface area (Å²) >= 11 is 17.5. The van der Waals surface area contributed by atoms with E-state index in [1.807, 2.05) is 0 Å². The molecule has 6 nitrogen and oxygen atoms in total. The molecule has 1 amide bonds. The number of hydrazone groups is 1. The Hall–Kier alpha value is -1.71. The number of amides is 1. The maximum atomic E-state index is 13.6. The van der Waals surface area contributed by atoms with Crippen LogP contribution in [0.2, 0.25) is 15.1 Å². The molecule has 0 saturated carbocycles. The zero-order chi connectivity index (χ0) is 20.2. The number of hydrogen-bond acceptors (Lipinski definition) is 4. The molecule has 0 unspecified atom stereocenters. The fraction of sp³-hybridized carbons (Fsp3) is 0.125. The number of nitrogens with one attached hydrogen (secondary N) is 1. The van der Waals surface area contributed by atoms with E-state index in [4.69, 9.17) is 34.8 Å². The van der Waals surface area contributed by atoms with Crippen LogP contribution < -0.4 is 5.43 Å². The number of nitrogens with zero attached hydrogens (tertiary/aromatic N) is 2. The van der Waals surface area contributed by atoms with Gasteiger partial charge in [0.25, 0.3) is 5.91 Å². The van der Waals surface area contributed by atoms with Crippen molar-refractivity contribution in [1.82, 2.24) is 9.73 Å². The van der Waals surface area contributed by atoms with Gasteiger partial charge in [0.1, 0.15) is 10.7 Å². The Balaban J connectivity index is 2.07. The van der Waals surface area contributed by atoms with Gasteiger partial charge in [0, 0.05) is 17.6 Å². The summed E-state index contributed by atoms with van der Waals surface area (Å²) < 4.78 is 39.4. The highest BCUT2D eigenvalue weighted by Crippen LogP contribution is 2.27. The molecule has 2 rings (SSSR count). The van der Waals surface area contributed by atoms with Gasteiger partial charge in [0.2, 0.25) is 10.0 Å². The maximum absolute atomic E-state index is 13.6. The topological polar surface area (TPSA) is 78.8 Å². The van der Waals surface area contributed by atoms with E-state index in [1.54, 1.807) is 0 Å². The molecule has 0 radical (unpaired) electrons. The second-order valence-electron chi connectivity index (χ2n) is 5.26. The molecular weight excluding hydrogens is 440 g/mol. The van der Waals surface area contributed by atoms with Gasteiger partial charge in [-0.05, 0) is 30.3 Å². The lowest BCUT2D eigenvalue weighted by Crippen LogP contribution is -2.36. The van der Waals surface area contributed by atoms with Gasteiger partial charge in [-0.2, -0.15) is 9.41 Å². The van der Waals surface area contributed by atoms with Crippen LogP contribution in [-0.4, -0.2) is 38.4 Å². The van der Waals surface area contributed by atoms with Crippen molar-refractivity contribution in [3.05, 3.63) is 62.8 Å². The molecule has 0 saturated heterocycles. The van der Waals surface area contributed by atoms with Crippen LogP contribution in [0, 0.1) is 5.82 Å². The lowest BCUT2D eigenvalue weighted by Gasteiger charge is -2.17. The summed E-state index contributed by atoms with van der Waals surface area (Å²) in [4.78, 5) is 11.7. The third kappa shape index (κ3) is 5.40. The fourth-order valence-electron chi connectivity index (χ4n) is 1.97. The molecule has 2 aromatic rings. The van der Waals surface area contributed by atoms with Crippen LogP contribution >= 0.6 is 34.8 Å². The number of sulfonamides is 1. The summed E-state index contributed by atoms with van der Waals surface area (Å²) in [5, 5.41) is 3.85. The van der Waals surface area contributed by atoms with Crippen molar-refractivity contribution in [3.63, 3.8) is 0 Å². The molecule has 0 aromatic heterocycles. The summed E-state index contributed by atoms with van der Waals surface area (Å²) in [5.41, 5.74) is 2.10. The summed E-state index contributed by atoms with van der Waals surface area (Å²) in [7, 11) is -2.86. The molecule has 0 spiro atoms. The lowest BCUT2D eigenvalue weighted by molar-refractivity contribution is -0.121. The number of rotatable bonds is 6. The van der Waals surface area contributed by atoms with Crippen molar-refractivity contribution in [2.75, 3.05) is 13.6 Å². The normalized spacial score (nSPS) is 11.9. The monoisotopic (exact) mass is 451 g/mol. The van der Waals surface area contributed by atoms with Crippen LogP contribution in [0.5, 0.6) is 0 Å². The highest BCUT2D eigenvalue weighted by Gasteiger charge is 2.25. The SMILES string of the molecule is CN(CC(=O)N/N=C\c1c(F)cccc1Cl)S(=O)(=O)c1cc(Cl)ccc1Cl. The summed E-state index contributed by atoms with van der Waals surface area (Å²) in [6.45, 7) is -0.548. The number of carbonyl (C=O) groups excluding carboxylic acids is 1. The minimum Gasteiger partial charge on any atom is -0.272 e. The predicted molar refractivity (Wildman–Crippen MR) is 103 cm³/mol. The van der Waals surface area contributed by atoms with E-state index in [1.165, 1.54) is 43.4 Å². The molecule has 1 N–H and O–H groups in total. The van der Waals surface area contributed by atoms with Crippen molar-refractivity contribution >= 4 is 56.9 Å². The third-order valence-corrected chi connectivity index (χ3v) is 6.18.